The van der Waals surface area contributed by atoms with E-state index in [4.69, 9.17) is 0 Å². The van der Waals surface area contributed by atoms with Gasteiger partial charge in [-0.25, -0.2) is 0 Å². The molecule has 0 radical (unpaired) electrons. The van der Waals surface area contributed by atoms with Gasteiger partial charge in [0, 0.05) is 27.8 Å². The summed E-state index contributed by atoms with van der Waals surface area (Å²) in [4.78, 5) is 2.52. The van der Waals surface area contributed by atoms with E-state index in [9.17, 15) is 0 Å². The van der Waals surface area contributed by atoms with Gasteiger partial charge in [0.15, 0.2) is 0 Å². The van der Waals surface area contributed by atoms with Crippen LogP contribution >= 0.6 is 0 Å². The number of fused-ring (bicyclic) bond motifs is 5. The molecule has 1 nitrogen and oxygen atoms in total. The van der Waals surface area contributed by atoms with Crippen LogP contribution in [0, 0.1) is 0 Å². The second-order valence-corrected chi connectivity index (χ2v) is 12.1. The summed E-state index contributed by atoms with van der Waals surface area (Å²) < 4.78 is 0. The van der Waals surface area contributed by atoms with Gasteiger partial charge in [-0.15, -0.1) is 0 Å². The molecule has 0 aliphatic heterocycles. The van der Waals surface area contributed by atoms with E-state index >= 15 is 0 Å². The average Bonchev–Trinajstić information content (AvgIpc) is 3.33. The third-order valence-electron chi connectivity index (χ3n) is 9.21. The molecule has 0 atom stereocenters. The molecule has 44 heavy (non-hydrogen) atoms. The molecule has 1 heteroatoms. The Bertz CT molecular complexity index is 2130. The van der Waals surface area contributed by atoms with Crippen LogP contribution in [0.5, 0.6) is 0 Å². The van der Waals surface area contributed by atoms with E-state index in [0.717, 1.165) is 11.4 Å². The van der Waals surface area contributed by atoms with Gasteiger partial charge < -0.3 is 4.90 Å². The van der Waals surface area contributed by atoms with Gasteiger partial charge in [-0.05, 0) is 56.8 Å². The summed E-state index contributed by atoms with van der Waals surface area (Å²) in [6, 6.07) is 59.5. The van der Waals surface area contributed by atoms with Crippen molar-refractivity contribution in [3.63, 3.8) is 0 Å². The van der Waals surface area contributed by atoms with E-state index in [1.54, 1.807) is 0 Å². The smallest absolute Gasteiger partial charge is 0.0628 e. The van der Waals surface area contributed by atoms with E-state index in [1.807, 2.05) is 0 Å². The minimum atomic E-state index is -0.170. The maximum atomic E-state index is 2.52. The Morgan fingerprint density at radius 3 is 1.66 bits per heavy atom. The summed E-state index contributed by atoms with van der Waals surface area (Å²) in [5, 5.41) is 2.59. The van der Waals surface area contributed by atoms with Crippen LogP contribution in [0.25, 0.3) is 44.2 Å². The van der Waals surface area contributed by atoms with Gasteiger partial charge in [0.05, 0.1) is 11.4 Å². The monoisotopic (exact) mass is 563 g/mol. The van der Waals surface area contributed by atoms with Crippen LogP contribution in [0.3, 0.4) is 0 Å². The molecular weight excluding hydrogens is 530 g/mol. The highest BCUT2D eigenvalue weighted by Gasteiger charge is 2.41. The second kappa shape index (κ2) is 10.4. The first-order valence-electron chi connectivity index (χ1n) is 15.4. The number of nitrogens with zero attached hydrogens (tertiary/aromatic N) is 1. The maximum absolute atomic E-state index is 2.52. The lowest BCUT2D eigenvalue weighted by molar-refractivity contribution is 0.666. The first kappa shape index (κ1) is 26.2. The molecule has 8 rings (SSSR count). The Morgan fingerprint density at radius 1 is 0.432 bits per heavy atom. The highest BCUT2D eigenvalue weighted by molar-refractivity contribution is 6.16. The van der Waals surface area contributed by atoms with Gasteiger partial charge in [-0.1, -0.05) is 159 Å². The number of benzene rings is 7. The standard InChI is InChI=1S/C43H33N/c1-43(2)37-28-16-14-27-36(37)40-41(43)35-26-13-12-25-34(35)39(31-20-8-4-9-21-31)42(40)44(32-22-10-5-11-23-32)38-29-17-15-24-33(38)30-18-6-3-7-19-30/h3-29H,1-2H3. The Hall–Kier alpha value is -5.40. The first-order valence-corrected chi connectivity index (χ1v) is 15.4. The van der Waals surface area contributed by atoms with Crippen molar-refractivity contribution in [2.24, 2.45) is 0 Å². The zero-order chi connectivity index (χ0) is 29.7. The Kier molecular flexibility index (Phi) is 6.20. The summed E-state index contributed by atoms with van der Waals surface area (Å²) in [7, 11) is 0. The summed E-state index contributed by atoms with van der Waals surface area (Å²) in [5.74, 6) is 0. The molecule has 0 N–H and O–H groups in total. The molecule has 0 heterocycles. The number of rotatable bonds is 5. The normalized spacial score (nSPS) is 13.0. The largest absolute Gasteiger partial charge is 0.309 e. The van der Waals surface area contributed by atoms with E-state index in [0.29, 0.717) is 0 Å². The Morgan fingerprint density at radius 2 is 0.955 bits per heavy atom. The molecule has 0 saturated carbocycles. The van der Waals surface area contributed by atoms with Crippen molar-refractivity contribution < 1.29 is 0 Å². The average molecular weight is 564 g/mol. The molecular formula is C43H33N. The molecule has 1 aliphatic carbocycles. The fourth-order valence-electron chi connectivity index (χ4n) is 7.33. The number of anilines is 3. The third kappa shape index (κ3) is 4.01. The molecule has 0 fully saturated rings. The molecule has 7 aromatic rings. The fourth-order valence-corrected chi connectivity index (χ4v) is 7.33. The zero-order valence-corrected chi connectivity index (χ0v) is 25.0. The zero-order valence-electron chi connectivity index (χ0n) is 25.0. The van der Waals surface area contributed by atoms with Gasteiger partial charge >= 0.3 is 0 Å². The van der Waals surface area contributed by atoms with E-state index in [2.05, 4.69) is 183 Å². The van der Waals surface area contributed by atoms with Crippen molar-refractivity contribution >= 4 is 27.8 Å². The number of hydrogen-bond donors (Lipinski definition) is 0. The lowest BCUT2D eigenvalue weighted by Gasteiger charge is -2.34. The lowest BCUT2D eigenvalue weighted by atomic mass is 9.78. The molecule has 0 unspecified atom stereocenters. The van der Waals surface area contributed by atoms with Crippen LogP contribution in [0.2, 0.25) is 0 Å². The van der Waals surface area contributed by atoms with Crippen LogP contribution in [0.1, 0.15) is 25.0 Å². The molecule has 210 valence electrons. The number of hydrogen-bond acceptors (Lipinski definition) is 1. The SMILES string of the molecule is CC1(C)c2ccccc2-c2c(N(c3ccccc3)c3ccccc3-c3ccccc3)c(-c3ccccc3)c3ccccc3c21. The summed E-state index contributed by atoms with van der Waals surface area (Å²) in [6.45, 7) is 4.78. The summed E-state index contributed by atoms with van der Waals surface area (Å²) in [5.41, 5.74) is 13.6. The van der Waals surface area contributed by atoms with Crippen molar-refractivity contribution in [3.05, 3.63) is 175 Å². The molecule has 0 spiro atoms. The van der Waals surface area contributed by atoms with Crippen LogP contribution in [0.4, 0.5) is 17.1 Å². The van der Waals surface area contributed by atoms with Crippen LogP contribution in [-0.2, 0) is 5.41 Å². The Balaban J connectivity index is 1.60. The van der Waals surface area contributed by atoms with Gasteiger partial charge in [-0.2, -0.15) is 0 Å². The topological polar surface area (TPSA) is 3.24 Å². The summed E-state index contributed by atoms with van der Waals surface area (Å²) >= 11 is 0. The predicted molar refractivity (Wildman–Crippen MR) is 187 cm³/mol. The van der Waals surface area contributed by atoms with Crippen LogP contribution in [-0.4, -0.2) is 0 Å². The van der Waals surface area contributed by atoms with Gasteiger partial charge in [-0.3, -0.25) is 0 Å². The molecule has 1 aliphatic rings. The van der Waals surface area contributed by atoms with Gasteiger partial charge in [0.2, 0.25) is 0 Å². The van der Waals surface area contributed by atoms with Crippen LogP contribution < -0.4 is 4.90 Å². The van der Waals surface area contributed by atoms with Crippen molar-refractivity contribution in [2.45, 2.75) is 19.3 Å². The minimum Gasteiger partial charge on any atom is -0.309 e. The third-order valence-corrected chi connectivity index (χ3v) is 9.21. The predicted octanol–water partition coefficient (Wildman–Crippen LogP) is 11.9. The quantitative estimate of drug-likeness (QED) is 0.201. The number of para-hydroxylation sites is 2. The van der Waals surface area contributed by atoms with E-state index in [-0.39, 0.29) is 5.41 Å². The Labute approximate surface area is 259 Å². The van der Waals surface area contributed by atoms with Crippen molar-refractivity contribution in [3.8, 4) is 33.4 Å². The van der Waals surface area contributed by atoms with Crippen molar-refractivity contribution in [2.75, 3.05) is 4.90 Å². The van der Waals surface area contributed by atoms with Crippen molar-refractivity contribution in [1.82, 2.24) is 0 Å². The van der Waals surface area contributed by atoms with Crippen molar-refractivity contribution in [1.29, 1.82) is 0 Å². The minimum absolute atomic E-state index is 0.170. The lowest BCUT2D eigenvalue weighted by Crippen LogP contribution is -2.18. The fraction of sp³-hybridized carbons (Fsp3) is 0.0698. The second-order valence-electron chi connectivity index (χ2n) is 12.1. The molecule has 0 saturated heterocycles. The summed E-state index contributed by atoms with van der Waals surface area (Å²) in [6.07, 6.45) is 0. The van der Waals surface area contributed by atoms with Crippen LogP contribution in [0.15, 0.2) is 164 Å². The maximum Gasteiger partial charge on any atom is 0.0628 e. The highest BCUT2D eigenvalue weighted by Crippen LogP contribution is 2.60. The molecule has 0 bridgehead atoms. The van der Waals surface area contributed by atoms with E-state index < -0.39 is 0 Å². The van der Waals surface area contributed by atoms with E-state index in [1.165, 1.54) is 61.0 Å². The van der Waals surface area contributed by atoms with Gasteiger partial charge in [0.1, 0.15) is 0 Å². The molecule has 0 amide bonds. The first-order chi connectivity index (χ1) is 21.6. The van der Waals surface area contributed by atoms with Gasteiger partial charge in [0.25, 0.3) is 0 Å². The molecule has 7 aromatic carbocycles. The highest BCUT2D eigenvalue weighted by atomic mass is 15.2. The molecule has 0 aromatic heterocycles.